The van der Waals surface area contributed by atoms with Gasteiger partial charge in [0.05, 0.1) is 17.1 Å². The van der Waals surface area contributed by atoms with Crippen LogP contribution in [0.4, 0.5) is 0 Å². The SMILES string of the molecule is CC(=O)c1ccc(C(=O)N2CCC[C@H]2c2nc3ccc(C)cc3[nH]2)cc1. The first-order valence-electron chi connectivity index (χ1n) is 8.91. The maximum atomic E-state index is 13.0. The maximum Gasteiger partial charge on any atom is 0.254 e. The lowest BCUT2D eigenvalue weighted by atomic mass is 10.1. The summed E-state index contributed by atoms with van der Waals surface area (Å²) in [7, 11) is 0. The number of hydrogen-bond donors (Lipinski definition) is 1. The molecule has 1 aliphatic rings. The molecule has 1 amide bonds. The molecular weight excluding hydrogens is 326 g/mol. The zero-order chi connectivity index (χ0) is 18.3. The van der Waals surface area contributed by atoms with Gasteiger partial charge < -0.3 is 9.88 Å². The van der Waals surface area contributed by atoms with E-state index in [1.54, 1.807) is 24.3 Å². The van der Waals surface area contributed by atoms with Crippen LogP contribution in [0.1, 0.15) is 57.9 Å². The summed E-state index contributed by atoms with van der Waals surface area (Å²) < 4.78 is 0. The van der Waals surface area contributed by atoms with Crippen molar-refractivity contribution in [3.63, 3.8) is 0 Å². The van der Waals surface area contributed by atoms with Crippen molar-refractivity contribution >= 4 is 22.7 Å². The molecule has 2 aromatic carbocycles. The molecule has 1 saturated heterocycles. The van der Waals surface area contributed by atoms with Gasteiger partial charge in [0.15, 0.2) is 5.78 Å². The van der Waals surface area contributed by atoms with Crippen LogP contribution in [0.25, 0.3) is 11.0 Å². The Morgan fingerprint density at radius 1 is 1.12 bits per heavy atom. The molecule has 0 radical (unpaired) electrons. The van der Waals surface area contributed by atoms with Gasteiger partial charge in [-0.15, -0.1) is 0 Å². The molecule has 5 heteroatoms. The highest BCUT2D eigenvalue weighted by atomic mass is 16.2. The molecule has 26 heavy (non-hydrogen) atoms. The predicted octanol–water partition coefficient (Wildman–Crippen LogP) is 4.05. The Morgan fingerprint density at radius 2 is 1.85 bits per heavy atom. The molecule has 0 unspecified atom stereocenters. The second-order valence-corrected chi connectivity index (χ2v) is 6.93. The quantitative estimate of drug-likeness (QED) is 0.727. The number of ketones is 1. The molecule has 1 fully saturated rings. The van der Waals surface area contributed by atoms with E-state index in [9.17, 15) is 9.59 Å². The van der Waals surface area contributed by atoms with Crippen molar-refractivity contribution in [3.05, 3.63) is 65.0 Å². The van der Waals surface area contributed by atoms with Gasteiger partial charge in [-0.2, -0.15) is 0 Å². The Labute approximate surface area is 152 Å². The van der Waals surface area contributed by atoms with Crippen molar-refractivity contribution < 1.29 is 9.59 Å². The second-order valence-electron chi connectivity index (χ2n) is 6.93. The van der Waals surface area contributed by atoms with Gasteiger partial charge in [0, 0.05) is 17.7 Å². The standard InChI is InChI=1S/C21H21N3O2/c1-13-5-10-17-18(12-13)23-20(22-17)19-4-3-11-24(19)21(26)16-8-6-15(7-9-16)14(2)25/h5-10,12,19H,3-4,11H2,1-2H3,(H,22,23)/t19-/m0/s1. The van der Waals surface area contributed by atoms with Crippen LogP contribution >= 0.6 is 0 Å². The molecule has 5 nitrogen and oxygen atoms in total. The van der Waals surface area contributed by atoms with Crippen LogP contribution in [-0.4, -0.2) is 33.1 Å². The highest BCUT2D eigenvalue weighted by Crippen LogP contribution is 2.32. The van der Waals surface area contributed by atoms with Crippen molar-refractivity contribution in [2.24, 2.45) is 0 Å². The number of H-pyrrole nitrogens is 1. The fourth-order valence-corrected chi connectivity index (χ4v) is 3.61. The molecule has 0 bridgehead atoms. The van der Waals surface area contributed by atoms with Crippen molar-refractivity contribution in [1.29, 1.82) is 0 Å². The van der Waals surface area contributed by atoms with Gasteiger partial charge in [-0.05, 0) is 56.5 Å². The normalized spacial score (nSPS) is 17.0. The molecule has 0 saturated carbocycles. The average Bonchev–Trinajstić information content (AvgIpc) is 3.27. The number of fused-ring (bicyclic) bond motifs is 1. The number of rotatable bonds is 3. The van der Waals surface area contributed by atoms with Crippen LogP contribution in [0.15, 0.2) is 42.5 Å². The lowest BCUT2D eigenvalue weighted by molar-refractivity contribution is 0.0730. The summed E-state index contributed by atoms with van der Waals surface area (Å²) in [5.74, 6) is 0.830. The number of aromatic nitrogens is 2. The van der Waals surface area contributed by atoms with Gasteiger partial charge in [0.2, 0.25) is 0 Å². The van der Waals surface area contributed by atoms with Crippen molar-refractivity contribution in [2.45, 2.75) is 32.7 Å². The van der Waals surface area contributed by atoms with Gasteiger partial charge >= 0.3 is 0 Å². The average molecular weight is 347 g/mol. The van der Waals surface area contributed by atoms with E-state index in [0.717, 1.165) is 29.7 Å². The van der Waals surface area contributed by atoms with Crippen LogP contribution in [0.2, 0.25) is 0 Å². The number of carbonyl (C=O) groups excluding carboxylic acids is 2. The minimum Gasteiger partial charge on any atom is -0.340 e. The topological polar surface area (TPSA) is 66.1 Å². The number of aromatic amines is 1. The Morgan fingerprint density at radius 3 is 2.58 bits per heavy atom. The summed E-state index contributed by atoms with van der Waals surface area (Å²) in [6, 6.07) is 13.0. The van der Waals surface area contributed by atoms with E-state index in [2.05, 4.69) is 18.0 Å². The smallest absolute Gasteiger partial charge is 0.254 e. The van der Waals surface area contributed by atoms with Crippen molar-refractivity contribution in [3.8, 4) is 0 Å². The second kappa shape index (κ2) is 6.41. The number of benzene rings is 2. The van der Waals surface area contributed by atoms with Crippen LogP contribution in [0, 0.1) is 6.92 Å². The third-order valence-electron chi connectivity index (χ3n) is 5.02. The minimum absolute atomic E-state index is 0.000571. The molecule has 0 spiro atoms. The maximum absolute atomic E-state index is 13.0. The summed E-state index contributed by atoms with van der Waals surface area (Å²) >= 11 is 0. The fourth-order valence-electron chi connectivity index (χ4n) is 3.61. The number of aryl methyl sites for hydroxylation is 1. The third kappa shape index (κ3) is 2.90. The van der Waals surface area contributed by atoms with E-state index in [4.69, 9.17) is 4.98 Å². The Kier molecular flexibility index (Phi) is 4.07. The predicted molar refractivity (Wildman–Crippen MR) is 100 cm³/mol. The summed E-state index contributed by atoms with van der Waals surface area (Å²) in [4.78, 5) is 34.4. The first-order chi connectivity index (χ1) is 12.5. The van der Waals surface area contributed by atoms with E-state index in [0.29, 0.717) is 17.7 Å². The molecule has 1 N–H and O–H groups in total. The molecule has 132 valence electrons. The number of imidazole rings is 1. The zero-order valence-electron chi connectivity index (χ0n) is 15.0. The number of likely N-dealkylation sites (tertiary alicyclic amines) is 1. The van der Waals surface area contributed by atoms with Gasteiger partial charge in [-0.25, -0.2) is 4.98 Å². The number of nitrogens with zero attached hydrogens (tertiary/aromatic N) is 2. The molecule has 2 heterocycles. The Balaban J connectivity index is 1.62. The number of hydrogen-bond acceptors (Lipinski definition) is 3. The zero-order valence-corrected chi connectivity index (χ0v) is 15.0. The van der Waals surface area contributed by atoms with E-state index in [1.165, 1.54) is 12.5 Å². The first-order valence-corrected chi connectivity index (χ1v) is 8.91. The summed E-state index contributed by atoms with van der Waals surface area (Å²) in [5, 5.41) is 0. The molecule has 1 aliphatic heterocycles. The third-order valence-corrected chi connectivity index (χ3v) is 5.02. The van der Waals surface area contributed by atoms with Crippen LogP contribution in [0.5, 0.6) is 0 Å². The number of amides is 1. The molecule has 0 aliphatic carbocycles. The van der Waals surface area contributed by atoms with Crippen molar-refractivity contribution in [1.82, 2.24) is 14.9 Å². The highest BCUT2D eigenvalue weighted by molar-refractivity contribution is 5.98. The van der Waals surface area contributed by atoms with E-state index >= 15 is 0 Å². The summed E-state index contributed by atoms with van der Waals surface area (Å²) in [5.41, 5.74) is 4.33. The highest BCUT2D eigenvalue weighted by Gasteiger charge is 2.32. The van der Waals surface area contributed by atoms with Gasteiger partial charge in [-0.1, -0.05) is 18.2 Å². The van der Waals surface area contributed by atoms with E-state index in [-0.39, 0.29) is 17.7 Å². The van der Waals surface area contributed by atoms with Crippen LogP contribution in [0.3, 0.4) is 0 Å². The van der Waals surface area contributed by atoms with Crippen LogP contribution in [-0.2, 0) is 0 Å². The Bertz CT molecular complexity index is 988. The fraction of sp³-hybridized carbons (Fsp3) is 0.286. The molecular formula is C21H21N3O2. The Hall–Kier alpha value is -2.95. The minimum atomic E-state index is -0.0392. The van der Waals surface area contributed by atoms with E-state index < -0.39 is 0 Å². The number of Topliss-reactive ketones (excluding diaryl/α,β-unsaturated/α-hetero) is 1. The van der Waals surface area contributed by atoms with E-state index in [1.807, 2.05) is 17.0 Å². The number of carbonyl (C=O) groups is 2. The molecule has 3 aromatic rings. The number of nitrogens with one attached hydrogen (secondary N) is 1. The first kappa shape index (κ1) is 16.5. The molecule has 1 atom stereocenters. The van der Waals surface area contributed by atoms with Crippen LogP contribution < -0.4 is 0 Å². The van der Waals surface area contributed by atoms with Gasteiger partial charge in [0.25, 0.3) is 5.91 Å². The van der Waals surface area contributed by atoms with Gasteiger partial charge in [-0.3, -0.25) is 9.59 Å². The largest absolute Gasteiger partial charge is 0.340 e. The lowest BCUT2D eigenvalue weighted by Gasteiger charge is -2.23. The lowest BCUT2D eigenvalue weighted by Crippen LogP contribution is -2.31. The molecule has 1 aromatic heterocycles. The summed E-state index contributed by atoms with van der Waals surface area (Å²) in [6.07, 6.45) is 1.86. The van der Waals surface area contributed by atoms with Crippen molar-refractivity contribution in [2.75, 3.05) is 6.54 Å². The monoisotopic (exact) mass is 347 g/mol. The van der Waals surface area contributed by atoms with Gasteiger partial charge in [0.1, 0.15) is 5.82 Å². The summed E-state index contributed by atoms with van der Waals surface area (Å²) in [6.45, 7) is 4.29. The molecule has 4 rings (SSSR count).